The van der Waals surface area contributed by atoms with Crippen molar-refractivity contribution in [3.63, 3.8) is 0 Å². The third kappa shape index (κ3) is 3.07. The van der Waals surface area contributed by atoms with Gasteiger partial charge in [0.1, 0.15) is 23.0 Å². The second-order valence-corrected chi connectivity index (χ2v) is 7.17. The Kier molecular flexibility index (Phi) is 4.18. The first kappa shape index (κ1) is 18.7. The topological polar surface area (TPSA) is 96.0 Å². The van der Waals surface area contributed by atoms with E-state index >= 15 is 0 Å². The van der Waals surface area contributed by atoms with Crippen LogP contribution < -0.4 is 5.73 Å². The number of aryl methyl sites for hydroxylation is 1. The number of benzene rings is 1. The normalized spacial score (nSPS) is 11.3. The van der Waals surface area contributed by atoms with Crippen molar-refractivity contribution in [2.24, 2.45) is 12.8 Å². The number of imidazole rings is 2. The summed E-state index contributed by atoms with van der Waals surface area (Å²) in [6.07, 6.45) is 3.45. The minimum atomic E-state index is -0.537. The Morgan fingerprint density at radius 2 is 1.84 bits per heavy atom. The summed E-state index contributed by atoms with van der Waals surface area (Å²) in [5.74, 6) is 0.498. The molecule has 4 heterocycles. The lowest BCUT2D eigenvalue weighted by Crippen LogP contribution is -2.15. The SMILES string of the molecule is Cc1nc(-c2ccc(F)cc2)c(-c2ccc3nc(-n4cccc4C(N)=O)cn3n2)n1C. The number of aromatic nitrogens is 6. The molecule has 0 aliphatic heterocycles. The van der Waals surface area contributed by atoms with Gasteiger partial charge in [0.2, 0.25) is 0 Å². The largest absolute Gasteiger partial charge is 0.364 e. The van der Waals surface area contributed by atoms with E-state index in [1.54, 1.807) is 45.7 Å². The molecule has 5 aromatic rings. The lowest BCUT2D eigenvalue weighted by molar-refractivity contribution is 0.0994. The summed E-state index contributed by atoms with van der Waals surface area (Å²) in [5, 5.41) is 4.72. The fourth-order valence-corrected chi connectivity index (χ4v) is 3.61. The lowest BCUT2D eigenvalue weighted by Gasteiger charge is -2.07. The maximum Gasteiger partial charge on any atom is 0.265 e. The van der Waals surface area contributed by atoms with Crippen molar-refractivity contribution in [1.82, 2.24) is 28.7 Å². The van der Waals surface area contributed by atoms with Crippen molar-refractivity contribution in [1.29, 1.82) is 0 Å². The highest BCUT2D eigenvalue weighted by Crippen LogP contribution is 2.31. The van der Waals surface area contributed by atoms with Crippen molar-refractivity contribution in [2.75, 3.05) is 0 Å². The number of carbonyl (C=O) groups excluding carboxylic acids is 1. The summed E-state index contributed by atoms with van der Waals surface area (Å²) in [4.78, 5) is 20.9. The second-order valence-electron chi connectivity index (χ2n) is 7.17. The van der Waals surface area contributed by atoms with Gasteiger partial charge in [0, 0.05) is 18.8 Å². The smallest absolute Gasteiger partial charge is 0.265 e. The first-order valence-corrected chi connectivity index (χ1v) is 9.56. The van der Waals surface area contributed by atoms with Crippen molar-refractivity contribution in [2.45, 2.75) is 6.92 Å². The molecule has 31 heavy (non-hydrogen) atoms. The van der Waals surface area contributed by atoms with E-state index < -0.39 is 5.91 Å². The average molecular weight is 415 g/mol. The molecule has 1 amide bonds. The van der Waals surface area contributed by atoms with Crippen LogP contribution in [0.4, 0.5) is 4.39 Å². The third-order valence-electron chi connectivity index (χ3n) is 5.23. The maximum atomic E-state index is 13.4. The van der Waals surface area contributed by atoms with E-state index in [2.05, 4.69) is 9.97 Å². The van der Waals surface area contributed by atoms with Gasteiger partial charge in [-0.05, 0) is 55.5 Å². The quantitative estimate of drug-likeness (QED) is 0.488. The van der Waals surface area contributed by atoms with E-state index in [-0.39, 0.29) is 5.82 Å². The van der Waals surface area contributed by atoms with E-state index in [0.29, 0.717) is 28.5 Å². The zero-order chi connectivity index (χ0) is 21.7. The molecule has 0 unspecified atom stereocenters. The van der Waals surface area contributed by atoms with Gasteiger partial charge in [-0.1, -0.05) is 0 Å². The number of halogens is 1. The molecule has 5 rings (SSSR count). The average Bonchev–Trinajstić information content (AvgIpc) is 3.45. The van der Waals surface area contributed by atoms with Crippen LogP contribution >= 0.6 is 0 Å². The highest BCUT2D eigenvalue weighted by molar-refractivity contribution is 5.91. The fraction of sp³-hybridized carbons (Fsp3) is 0.0909. The summed E-state index contributed by atoms with van der Waals surface area (Å²) in [6, 6.07) is 13.3. The molecule has 0 aliphatic rings. The molecule has 0 spiro atoms. The molecule has 0 bridgehead atoms. The fourth-order valence-electron chi connectivity index (χ4n) is 3.61. The lowest BCUT2D eigenvalue weighted by atomic mass is 10.1. The highest BCUT2D eigenvalue weighted by atomic mass is 19.1. The number of nitrogens with two attached hydrogens (primary N) is 1. The molecular weight excluding hydrogens is 397 g/mol. The molecule has 154 valence electrons. The van der Waals surface area contributed by atoms with Crippen molar-refractivity contribution in [3.05, 3.63) is 78.3 Å². The predicted molar refractivity (Wildman–Crippen MR) is 113 cm³/mol. The van der Waals surface area contributed by atoms with Gasteiger partial charge in [-0.2, -0.15) is 5.10 Å². The maximum absolute atomic E-state index is 13.4. The summed E-state index contributed by atoms with van der Waals surface area (Å²) in [6.45, 7) is 1.90. The Morgan fingerprint density at radius 3 is 2.58 bits per heavy atom. The van der Waals surface area contributed by atoms with E-state index in [1.165, 1.54) is 12.1 Å². The monoisotopic (exact) mass is 415 g/mol. The van der Waals surface area contributed by atoms with Crippen molar-refractivity contribution in [3.8, 4) is 28.5 Å². The van der Waals surface area contributed by atoms with E-state index in [4.69, 9.17) is 10.8 Å². The van der Waals surface area contributed by atoms with Crippen LogP contribution in [0, 0.1) is 12.7 Å². The molecule has 4 aromatic heterocycles. The van der Waals surface area contributed by atoms with Crippen LogP contribution in [0.3, 0.4) is 0 Å². The first-order chi connectivity index (χ1) is 14.9. The van der Waals surface area contributed by atoms with Crippen molar-refractivity contribution < 1.29 is 9.18 Å². The van der Waals surface area contributed by atoms with Gasteiger partial charge in [-0.15, -0.1) is 0 Å². The van der Waals surface area contributed by atoms with Crippen LogP contribution in [0.1, 0.15) is 16.3 Å². The van der Waals surface area contributed by atoms with Gasteiger partial charge in [0.25, 0.3) is 5.91 Å². The Balaban J connectivity index is 1.64. The molecule has 2 N–H and O–H groups in total. The number of hydrogen-bond acceptors (Lipinski definition) is 4. The molecule has 0 fully saturated rings. The van der Waals surface area contributed by atoms with Crippen LogP contribution in [0.5, 0.6) is 0 Å². The molecule has 0 saturated carbocycles. The molecule has 0 saturated heterocycles. The zero-order valence-electron chi connectivity index (χ0n) is 16.8. The van der Waals surface area contributed by atoms with E-state index in [0.717, 1.165) is 17.1 Å². The Labute approximate surface area is 176 Å². The summed E-state index contributed by atoms with van der Waals surface area (Å²) in [7, 11) is 1.91. The molecule has 9 heteroatoms. The first-order valence-electron chi connectivity index (χ1n) is 9.56. The number of rotatable bonds is 4. The Bertz CT molecular complexity index is 1440. The molecular formula is C22H18FN7O. The predicted octanol–water partition coefficient (Wildman–Crippen LogP) is 3.13. The van der Waals surface area contributed by atoms with Crippen LogP contribution in [0.25, 0.3) is 34.1 Å². The molecule has 1 aromatic carbocycles. The summed E-state index contributed by atoms with van der Waals surface area (Å²) >= 11 is 0. The van der Waals surface area contributed by atoms with Gasteiger partial charge in [0.15, 0.2) is 11.5 Å². The zero-order valence-corrected chi connectivity index (χ0v) is 16.8. The van der Waals surface area contributed by atoms with Gasteiger partial charge in [0.05, 0.1) is 17.6 Å². The number of primary amides is 1. The molecule has 8 nitrogen and oxygen atoms in total. The summed E-state index contributed by atoms with van der Waals surface area (Å²) < 4.78 is 18.6. The third-order valence-corrected chi connectivity index (χ3v) is 5.23. The standard InChI is InChI=1S/C22H18FN7O/c1-13-25-20(14-5-7-15(23)8-6-14)21(28(13)2)16-9-10-18-26-19(12-30(18)27-16)29-11-3-4-17(29)22(24)31/h3-12H,1-2H3,(H2,24,31). The number of fused-ring (bicyclic) bond motifs is 1. The van der Waals surface area contributed by atoms with Gasteiger partial charge < -0.3 is 10.3 Å². The van der Waals surface area contributed by atoms with Gasteiger partial charge >= 0.3 is 0 Å². The van der Waals surface area contributed by atoms with Gasteiger partial charge in [-0.25, -0.2) is 18.9 Å². The highest BCUT2D eigenvalue weighted by Gasteiger charge is 2.19. The van der Waals surface area contributed by atoms with E-state index in [9.17, 15) is 9.18 Å². The number of amides is 1. The van der Waals surface area contributed by atoms with Crippen LogP contribution in [0.2, 0.25) is 0 Å². The van der Waals surface area contributed by atoms with Crippen LogP contribution in [-0.2, 0) is 7.05 Å². The minimum absolute atomic E-state index is 0.302. The van der Waals surface area contributed by atoms with Crippen LogP contribution in [-0.4, -0.2) is 34.6 Å². The Morgan fingerprint density at radius 1 is 1.06 bits per heavy atom. The molecule has 0 radical (unpaired) electrons. The number of hydrogen-bond donors (Lipinski definition) is 1. The molecule has 0 atom stereocenters. The Hall–Kier alpha value is -4.27. The van der Waals surface area contributed by atoms with Crippen LogP contribution in [0.15, 0.2) is 60.9 Å². The van der Waals surface area contributed by atoms with E-state index in [1.807, 2.05) is 30.7 Å². The number of nitrogens with zero attached hydrogens (tertiary/aromatic N) is 6. The van der Waals surface area contributed by atoms with Gasteiger partial charge in [-0.3, -0.25) is 9.36 Å². The summed E-state index contributed by atoms with van der Waals surface area (Å²) in [5.41, 5.74) is 9.40. The molecule has 0 aliphatic carbocycles. The number of carbonyl (C=O) groups is 1. The second kappa shape index (κ2) is 6.91. The minimum Gasteiger partial charge on any atom is -0.364 e. The van der Waals surface area contributed by atoms with Crippen molar-refractivity contribution >= 4 is 11.6 Å².